The predicted molar refractivity (Wildman–Crippen MR) is 156 cm³/mol. The van der Waals surface area contributed by atoms with Crippen molar-refractivity contribution in [3.05, 3.63) is 31.9 Å². The van der Waals surface area contributed by atoms with E-state index in [1.165, 1.54) is 11.8 Å². The minimum Gasteiger partial charge on any atom is -0.481 e. The molecule has 0 radical (unpaired) electrons. The Bertz CT molecular complexity index is 1180. The molecule has 1 aromatic rings. The number of thiocarbonyl (C=S) groups is 1. The number of carbonyl (C=O) groups is 2. The summed E-state index contributed by atoms with van der Waals surface area (Å²) in [7, 11) is 0. The van der Waals surface area contributed by atoms with E-state index < -0.39 is 5.97 Å². The minimum atomic E-state index is -0.727. The van der Waals surface area contributed by atoms with Gasteiger partial charge in [0.05, 0.1) is 4.91 Å². The number of hydrogen-bond donors (Lipinski definition) is 1. The molecule has 0 saturated carbocycles. The molecule has 0 spiro atoms. The zero-order chi connectivity index (χ0) is 27.7. The molecule has 3 heterocycles. The second kappa shape index (κ2) is 14.5. The monoisotopic (exact) mass is 558 g/mol. The third kappa shape index (κ3) is 7.26. The molecule has 0 bridgehead atoms. The van der Waals surface area contributed by atoms with Gasteiger partial charge >= 0.3 is 5.97 Å². The lowest BCUT2D eigenvalue weighted by atomic mass is 10.0. The number of aliphatic carboxylic acids is 1. The SMILES string of the molecule is CCn1c(N2CCCC2)c(/C=C2/SC(=S)N(CCCCCCCCCCC(=O)O)C2=O)c(C)c(C#N)c1=O. The van der Waals surface area contributed by atoms with Gasteiger partial charge in [0.2, 0.25) is 0 Å². The van der Waals surface area contributed by atoms with E-state index in [1.807, 2.05) is 13.0 Å². The Balaban J connectivity index is 1.65. The minimum absolute atomic E-state index is 0.113. The van der Waals surface area contributed by atoms with Gasteiger partial charge in [0, 0.05) is 38.2 Å². The summed E-state index contributed by atoms with van der Waals surface area (Å²) in [5.74, 6) is -0.0488. The Hall–Kier alpha value is -2.64. The Labute approximate surface area is 234 Å². The number of nitrogens with zero attached hydrogens (tertiary/aromatic N) is 4. The highest BCUT2D eigenvalue weighted by molar-refractivity contribution is 8.26. The van der Waals surface area contributed by atoms with Gasteiger partial charge in [-0.1, -0.05) is 62.5 Å². The number of carboxylic acids is 1. The summed E-state index contributed by atoms with van der Waals surface area (Å²) >= 11 is 6.84. The fourth-order valence-electron chi connectivity index (χ4n) is 5.14. The van der Waals surface area contributed by atoms with Crippen LogP contribution in [0.2, 0.25) is 0 Å². The van der Waals surface area contributed by atoms with Gasteiger partial charge < -0.3 is 10.0 Å². The molecule has 0 unspecified atom stereocenters. The van der Waals surface area contributed by atoms with Crippen molar-refractivity contribution in [2.75, 3.05) is 24.5 Å². The summed E-state index contributed by atoms with van der Waals surface area (Å²) in [4.78, 5) is 41.3. The Morgan fingerprint density at radius 3 is 2.26 bits per heavy atom. The van der Waals surface area contributed by atoms with Crippen molar-refractivity contribution >= 4 is 52.1 Å². The van der Waals surface area contributed by atoms with Crippen LogP contribution in [0.15, 0.2) is 9.70 Å². The summed E-state index contributed by atoms with van der Waals surface area (Å²) in [6.45, 7) is 6.41. The molecule has 1 aromatic heterocycles. The predicted octanol–water partition coefficient (Wildman–Crippen LogP) is 5.45. The lowest BCUT2D eigenvalue weighted by molar-refractivity contribution is -0.137. The van der Waals surface area contributed by atoms with E-state index in [4.69, 9.17) is 17.3 Å². The summed E-state index contributed by atoms with van der Waals surface area (Å²) in [5, 5.41) is 18.4. The lowest BCUT2D eigenvalue weighted by Gasteiger charge is -2.26. The van der Waals surface area contributed by atoms with E-state index in [-0.39, 0.29) is 23.5 Å². The summed E-state index contributed by atoms with van der Waals surface area (Å²) < 4.78 is 2.21. The van der Waals surface area contributed by atoms with Crippen molar-refractivity contribution in [3.63, 3.8) is 0 Å². The van der Waals surface area contributed by atoms with Gasteiger partial charge in [0.1, 0.15) is 21.8 Å². The van der Waals surface area contributed by atoms with Crippen LogP contribution >= 0.6 is 24.0 Å². The van der Waals surface area contributed by atoms with Crippen molar-refractivity contribution in [1.29, 1.82) is 5.26 Å². The van der Waals surface area contributed by atoms with Crippen LogP contribution in [0.25, 0.3) is 6.08 Å². The maximum absolute atomic E-state index is 13.3. The summed E-state index contributed by atoms with van der Waals surface area (Å²) in [6, 6.07) is 2.08. The topological polar surface area (TPSA) is 107 Å². The Morgan fingerprint density at radius 1 is 1.08 bits per heavy atom. The number of hydrogen-bond acceptors (Lipinski definition) is 7. The van der Waals surface area contributed by atoms with Crippen LogP contribution in [-0.2, 0) is 16.1 Å². The zero-order valence-electron chi connectivity index (χ0n) is 22.5. The molecule has 38 heavy (non-hydrogen) atoms. The summed E-state index contributed by atoms with van der Waals surface area (Å²) in [6.07, 6.45) is 12.1. The first kappa shape index (κ1) is 29.9. The first-order valence-electron chi connectivity index (χ1n) is 13.7. The first-order valence-corrected chi connectivity index (χ1v) is 14.9. The van der Waals surface area contributed by atoms with Gasteiger partial charge in [-0.05, 0) is 51.2 Å². The van der Waals surface area contributed by atoms with Crippen molar-refractivity contribution in [2.24, 2.45) is 0 Å². The molecule has 2 saturated heterocycles. The zero-order valence-corrected chi connectivity index (χ0v) is 24.1. The second-order valence-corrected chi connectivity index (χ2v) is 11.6. The number of unbranched alkanes of at least 4 members (excludes halogenated alkanes) is 7. The number of aromatic nitrogens is 1. The Kier molecular flexibility index (Phi) is 11.4. The highest BCUT2D eigenvalue weighted by Gasteiger charge is 2.33. The highest BCUT2D eigenvalue weighted by Crippen LogP contribution is 2.36. The number of rotatable bonds is 14. The van der Waals surface area contributed by atoms with E-state index in [2.05, 4.69) is 11.0 Å². The number of pyridine rings is 1. The fraction of sp³-hybridized carbons (Fsp3) is 0.607. The van der Waals surface area contributed by atoms with Gasteiger partial charge in [-0.3, -0.25) is 23.9 Å². The molecule has 206 valence electrons. The molecule has 0 aliphatic carbocycles. The molecule has 0 atom stereocenters. The first-order chi connectivity index (χ1) is 18.3. The van der Waals surface area contributed by atoms with Crippen molar-refractivity contribution < 1.29 is 14.7 Å². The van der Waals surface area contributed by atoms with Crippen LogP contribution < -0.4 is 10.5 Å². The second-order valence-electron chi connectivity index (χ2n) is 9.90. The van der Waals surface area contributed by atoms with Crippen LogP contribution in [0.3, 0.4) is 0 Å². The van der Waals surface area contributed by atoms with E-state index in [9.17, 15) is 19.6 Å². The van der Waals surface area contributed by atoms with Crippen LogP contribution in [0.1, 0.15) is 94.2 Å². The molecule has 1 amide bonds. The highest BCUT2D eigenvalue weighted by atomic mass is 32.2. The van der Waals surface area contributed by atoms with Gasteiger partial charge in [0.25, 0.3) is 11.5 Å². The molecule has 1 N–H and O–H groups in total. The maximum atomic E-state index is 13.3. The normalized spacial score (nSPS) is 16.6. The molecular weight excluding hydrogens is 520 g/mol. The molecule has 3 rings (SSSR count). The standard InChI is InChI=1S/C28H38N4O4S2/c1-3-31-25(30-15-12-13-16-30)21(20(2)22(19-29)26(31)35)18-23-27(36)32(28(37)38-23)17-11-9-7-5-4-6-8-10-14-24(33)34/h18H,3-17H2,1-2H3,(H,33,34)/b23-18+. The van der Waals surface area contributed by atoms with Gasteiger partial charge in [-0.2, -0.15) is 5.26 Å². The molecule has 2 fully saturated rings. The van der Waals surface area contributed by atoms with E-state index >= 15 is 0 Å². The van der Waals surface area contributed by atoms with E-state index in [0.717, 1.165) is 88.7 Å². The number of thioether (sulfide) groups is 1. The molecule has 2 aliphatic rings. The fourth-order valence-corrected chi connectivity index (χ4v) is 6.43. The van der Waals surface area contributed by atoms with Crippen molar-refractivity contribution in [1.82, 2.24) is 9.47 Å². The van der Waals surface area contributed by atoms with Crippen LogP contribution in [0.4, 0.5) is 5.82 Å². The number of anilines is 1. The van der Waals surface area contributed by atoms with Crippen molar-refractivity contribution in [3.8, 4) is 6.07 Å². The third-order valence-corrected chi connectivity index (χ3v) is 8.62. The average Bonchev–Trinajstić information content (AvgIpc) is 3.50. The molecular formula is C28H38N4O4S2. The quantitative estimate of drug-likeness (QED) is 0.183. The molecule has 0 aromatic carbocycles. The van der Waals surface area contributed by atoms with Crippen LogP contribution in [0, 0.1) is 18.3 Å². The number of carboxylic acid groups (broad SMARTS) is 1. The van der Waals surface area contributed by atoms with Gasteiger partial charge in [-0.25, -0.2) is 0 Å². The number of amides is 1. The number of nitriles is 1. The van der Waals surface area contributed by atoms with Gasteiger partial charge in [0.15, 0.2) is 0 Å². The van der Waals surface area contributed by atoms with Gasteiger partial charge in [-0.15, -0.1) is 0 Å². The molecule has 2 aliphatic heterocycles. The third-order valence-electron chi connectivity index (χ3n) is 7.24. The average molecular weight is 559 g/mol. The van der Waals surface area contributed by atoms with Crippen LogP contribution in [0.5, 0.6) is 0 Å². The van der Waals surface area contributed by atoms with E-state index in [0.29, 0.717) is 27.9 Å². The maximum Gasteiger partial charge on any atom is 0.303 e. The molecule has 10 heteroatoms. The lowest BCUT2D eigenvalue weighted by Crippen LogP contribution is -2.33. The molecule has 8 nitrogen and oxygen atoms in total. The van der Waals surface area contributed by atoms with Crippen LogP contribution in [-0.4, -0.2) is 50.4 Å². The number of carbonyl (C=O) groups excluding carboxylic acids is 1. The summed E-state index contributed by atoms with van der Waals surface area (Å²) in [5.41, 5.74) is 1.21. The van der Waals surface area contributed by atoms with Crippen molar-refractivity contribution in [2.45, 2.75) is 91.0 Å². The smallest absolute Gasteiger partial charge is 0.303 e. The largest absolute Gasteiger partial charge is 0.481 e. The van der Waals surface area contributed by atoms with E-state index in [1.54, 1.807) is 16.4 Å². The Morgan fingerprint density at radius 2 is 1.68 bits per heavy atom.